The highest BCUT2D eigenvalue weighted by atomic mass is 16.6. The van der Waals surface area contributed by atoms with Crippen LogP contribution >= 0.6 is 0 Å². The van der Waals surface area contributed by atoms with Crippen LogP contribution in [0.3, 0.4) is 0 Å². The Labute approximate surface area is 180 Å². The molecule has 2 amide bonds. The Morgan fingerprint density at radius 1 is 0.633 bits per heavy atom. The van der Waals surface area contributed by atoms with Crippen molar-refractivity contribution in [2.45, 2.75) is 52.7 Å². The Bertz CT molecular complexity index is 446. The number of nitrogens with two attached hydrogens (primary N) is 1. The highest BCUT2D eigenvalue weighted by Gasteiger charge is 2.30. The summed E-state index contributed by atoms with van der Waals surface area (Å²) in [7, 11) is 0. The minimum Gasteiger partial charge on any atom is -0.443 e. The zero-order valence-corrected chi connectivity index (χ0v) is 19.4. The smallest absolute Gasteiger partial charge is 0.419 e. The van der Waals surface area contributed by atoms with Gasteiger partial charge >= 0.3 is 12.2 Å². The average molecular weight is 437 g/mol. The lowest BCUT2D eigenvalue weighted by Gasteiger charge is -2.28. The molecule has 0 atom stereocenters. The van der Waals surface area contributed by atoms with Crippen LogP contribution in [0.2, 0.25) is 0 Å². The van der Waals surface area contributed by atoms with E-state index in [1.54, 1.807) is 41.5 Å². The summed E-state index contributed by atoms with van der Waals surface area (Å²) in [5, 5.41) is 0. The molecule has 0 aliphatic rings. The van der Waals surface area contributed by atoms with Crippen molar-refractivity contribution in [3.05, 3.63) is 0 Å². The number of nitrogens with zero attached hydrogens (tertiary/aromatic N) is 1. The predicted octanol–water partition coefficient (Wildman–Crippen LogP) is 2.18. The second-order valence-corrected chi connectivity index (χ2v) is 8.35. The monoisotopic (exact) mass is 436 g/mol. The third-order valence-electron chi connectivity index (χ3n) is 3.07. The first-order valence-corrected chi connectivity index (χ1v) is 10.2. The number of amides is 2. The van der Waals surface area contributed by atoms with Gasteiger partial charge in [-0.05, 0) is 41.5 Å². The predicted molar refractivity (Wildman–Crippen MR) is 112 cm³/mol. The second kappa shape index (κ2) is 15.4. The molecule has 0 rings (SSSR count). The maximum Gasteiger partial charge on any atom is 0.419 e. The number of hydrogen-bond donors (Lipinski definition) is 1. The molecule has 178 valence electrons. The summed E-state index contributed by atoms with van der Waals surface area (Å²) < 4.78 is 31.9. The minimum absolute atomic E-state index is 0.00966. The van der Waals surface area contributed by atoms with Gasteiger partial charge in [-0.2, -0.15) is 0 Å². The number of hydrogen-bond acceptors (Lipinski definition) is 9. The highest BCUT2D eigenvalue weighted by molar-refractivity contribution is 5.88. The van der Waals surface area contributed by atoms with Gasteiger partial charge in [-0.15, -0.1) is 0 Å². The summed E-state index contributed by atoms with van der Waals surface area (Å²) in [6.07, 6.45) is -1.55. The van der Waals surface area contributed by atoms with Gasteiger partial charge in [0.15, 0.2) is 0 Å². The summed E-state index contributed by atoms with van der Waals surface area (Å²) in [6, 6.07) is 0. The van der Waals surface area contributed by atoms with E-state index in [1.165, 1.54) is 0 Å². The van der Waals surface area contributed by atoms with E-state index in [2.05, 4.69) is 0 Å². The van der Waals surface area contributed by atoms with E-state index in [9.17, 15) is 9.59 Å². The third kappa shape index (κ3) is 17.4. The Morgan fingerprint density at radius 3 is 1.30 bits per heavy atom. The number of imide groups is 1. The Hall–Kier alpha value is -1.46. The topological polar surface area (TPSA) is 119 Å². The van der Waals surface area contributed by atoms with E-state index >= 15 is 0 Å². The SMILES string of the molecule is CC(C)(C)OC(=O)N(CCOCCOCCOCCOCCN)C(=O)OC(C)(C)C. The average Bonchev–Trinajstić information content (AvgIpc) is 2.58. The molecule has 0 saturated carbocycles. The lowest BCUT2D eigenvalue weighted by atomic mass is 10.2. The van der Waals surface area contributed by atoms with Crippen LogP contribution in [0.4, 0.5) is 9.59 Å². The fourth-order valence-electron chi connectivity index (χ4n) is 1.89. The van der Waals surface area contributed by atoms with Crippen molar-refractivity contribution in [3.63, 3.8) is 0 Å². The number of carbonyl (C=O) groups is 2. The van der Waals surface area contributed by atoms with Crippen LogP contribution in [0.1, 0.15) is 41.5 Å². The van der Waals surface area contributed by atoms with Gasteiger partial charge in [0.1, 0.15) is 11.2 Å². The summed E-state index contributed by atoms with van der Waals surface area (Å²) in [5.41, 5.74) is 3.84. The van der Waals surface area contributed by atoms with Crippen molar-refractivity contribution < 1.29 is 38.0 Å². The van der Waals surface area contributed by atoms with Crippen molar-refractivity contribution in [1.82, 2.24) is 4.90 Å². The number of rotatable bonds is 14. The van der Waals surface area contributed by atoms with Crippen molar-refractivity contribution in [2.75, 3.05) is 65.9 Å². The normalized spacial score (nSPS) is 12.0. The van der Waals surface area contributed by atoms with Gasteiger partial charge in [0.25, 0.3) is 0 Å². The standard InChI is InChI=1S/C20H40N2O8/c1-19(2,3)29-17(23)22(18(24)30-20(4,5)6)8-10-26-12-14-28-16-15-27-13-11-25-9-7-21/h7-16,21H2,1-6H3. The zero-order chi connectivity index (χ0) is 23.0. The molecule has 2 N–H and O–H groups in total. The Morgan fingerprint density at radius 2 is 0.967 bits per heavy atom. The van der Waals surface area contributed by atoms with Crippen LogP contribution in [0.15, 0.2) is 0 Å². The molecule has 0 spiro atoms. The molecule has 0 aliphatic heterocycles. The quantitative estimate of drug-likeness (QED) is 0.409. The first kappa shape index (κ1) is 28.5. The minimum atomic E-state index is -0.774. The lowest BCUT2D eigenvalue weighted by molar-refractivity contribution is -0.0140. The lowest BCUT2D eigenvalue weighted by Crippen LogP contribution is -2.45. The Kier molecular flexibility index (Phi) is 14.6. The van der Waals surface area contributed by atoms with E-state index in [4.69, 9.17) is 34.2 Å². The van der Waals surface area contributed by atoms with Crippen molar-refractivity contribution in [1.29, 1.82) is 0 Å². The molecule has 0 bridgehead atoms. The van der Waals surface area contributed by atoms with E-state index < -0.39 is 23.4 Å². The largest absolute Gasteiger partial charge is 0.443 e. The molecule has 0 radical (unpaired) electrons. The van der Waals surface area contributed by atoms with Gasteiger partial charge in [0.2, 0.25) is 0 Å². The van der Waals surface area contributed by atoms with Crippen LogP contribution in [0.5, 0.6) is 0 Å². The fraction of sp³-hybridized carbons (Fsp3) is 0.900. The molecule has 0 saturated heterocycles. The molecule has 10 heteroatoms. The number of carbonyl (C=O) groups excluding carboxylic acids is 2. The van der Waals surface area contributed by atoms with Crippen LogP contribution in [-0.4, -0.2) is 94.2 Å². The van der Waals surface area contributed by atoms with Crippen molar-refractivity contribution in [3.8, 4) is 0 Å². The fourth-order valence-corrected chi connectivity index (χ4v) is 1.89. The summed E-state index contributed by atoms with van der Waals surface area (Å²) in [5.74, 6) is 0. The molecule has 0 aromatic rings. The van der Waals surface area contributed by atoms with Gasteiger partial charge in [-0.25, -0.2) is 14.5 Å². The van der Waals surface area contributed by atoms with Gasteiger partial charge in [-0.3, -0.25) is 0 Å². The first-order chi connectivity index (χ1) is 14.0. The second-order valence-electron chi connectivity index (χ2n) is 8.35. The van der Waals surface area contributed by atoms with E-state index in [0.29, 0.717) is 52.8 Å². The summed E-state index contributed by atoms with van der Waals surface area (Å²) >= 11 is 0. The maximum absolute atomic E-state index is 12.3. The molecule has 10 nitrogen and oxygen atoms in total. The summed E-state index contributed by atoms with van der Waals surface area (Å²) in [6.45, 7) is 14.1. The molecular formula is C20H40N2O8. The molecule has 0 unspecified atom stereocenters. The molecule has 0 aromatic heterocycles. The van der Waals surface area contributed by atoms with Gasteiger partial charge in [0.05, 0.1) is 59.4 Å². The molecule has 0 aromatic carbocycles. The van der Waals surface area contributed by atoms with E-state index in [0.717, 1.165) is 4.90 Å². The third-order valence-corrected chi connectivity index (χ3v) is 3.07. The van der Waals surface area contributed by atoms with Crippen molar-refractivity contribution >= 4 is 12.2 Å². The summed E-state index contributed by atoms with van der Waals surface area (Å²) in [4.78, 5) is 25.6. The van der Waals surface area contributed by atoms with E-state index in [1.807, 2.05) is 0 Å². The van der Waals surface area contributed by atoms with Crippen LogP contribution < -0.4 is 5.73 Å². The molecule has 30 heavy (non-hydrogen) atoms. The van der Waals surface area contributed by atoms with Gasteiger partial charge < -0.3 is 34.2 Å². The maximum atomic E-state index is 12.3. The van der Waals surface area contributed by atoms with Crippen molar-refractivity contribution in [2.24, 2.45) is 5.73 Å². The molecular weight excluding hydrogens is 396 g/mol. The zero-order valence-electron chi connectivity index (χ0n) is 19.4. The molecule has 0 heterocycles. The van der Waals surface area contributed by atoms with Gasteiger partial charge in [0, 0.05) is 6.54 Å². The molecule has 0 fully saturated rings. The van der Waals surface area contributed by atoms with Gasteiger partial charge in [-0.1, -0.05) is 0 Å². The van der Waals surface area contributed by atoms with Crippen LogP contribution in [-0.2, 0) is 28.4 Å². The van der Waals surface area contributed by atoms with E-state index in [-0.39, 0.29) is 13.2 Å². The van der Waals surface area contributed by atoms with Crippen LogP contribution in [0, 0.1) is 0 Å². The van der Waals surface area contributed by atoms with Crippen LogP contribution in [0.25, 0.3) is 0 Å². The molecule has 0 aliphatic carbocycles. The highest BCUT2D eigenvalue weighted by Crippen LogP contribution is 2.14. The Balaban J connectivity index is 4.08. The number of ether oxygens (including phenoxy) is 6. The first-order valence-electron chi connectivity index (χ1n) is 10.2.